The number of benzene rings is 2. The summed E-state index contributed by atoms with van der Waals surface area (Å²) >= 11 is 0. The van der Waals surface area contributed by atoms with Gasteiger partial charge >= 0.3 is 0 Å². The van der Waals surface area contributed by atoms with Crippen molar-refractivity contribution in [3.63, 3.8) is 0 Å². The molecule has 4 aromatic rings. The third-order valence-electron chi connectivity index (χ3n) is 5.11. The van der Waals surface area contributed by atoms with E-state index in [2.05, 4.69) is 26.9 Å². The second-order valence-corrected chi connectivity index (χ2v) is 6.26. The number of rotatable bonds is 0. The lowest BCUT2D eigenvalue weighted by molar-refractivity contribution is 0.653. The van der Waals surface area contributed by atoms with Crippen LogP contribution in [0.5, 0.6) is 0 Å². The molecule has 0 fully saturated rings. The highest BCUT2D eigenvalue weighted by Gasteiger charge is 2.24. The van der Waals surface area contributed by atoms with Gasteiger partial charge < -0.3 is 4.57 Å². The van der Waals surface area contributed by atoms with Crippen molar-refractivity contribution in [3.05, 3.63) is 56.1 Å². The number of aryl methyl sites for hydroxylation is 3. The molecule has 0 saturated heterocycles. The molecule has 2 aromatic carbocycles. The average molecular weight is 305 g/mol. The molecule has 0 bridgehead atoms. The van der Waals surface area contributed by atoms with Crippen molar-refractivity contribution in [1.29, 1.82) is 0 Å². The van der Waals surface area contributed by atoms with Gasteiger partial charge in [-0.3, -0.25) is 19.8 Å². The van der Waals surface area contributed by atoms with E-state index in [1.165, 1.54) is 5.52 Å². The predicted octanol–water partition coefficient (Wildman–Crippen LogP) is 2.58. The molecule has 3 heterocycles. The Balaban J connectivity index is 2.26. The summed E-state index contributed by atoms with van der Waals surface area (Å²) in [5, 5.41) is 8.31. The normalized spacial score (nSPS) is 14.1. The van der Waals surface area contributed by atoms with Crippen LogP contribution in [0.15, 0.2) is 33.9 Å². The molecule has 2 aromatic heterocycles. The van der Waals surface area contributed by atoms with Crippen molar-refractivity contribution >= 4 is 32.6 Å². The number of aromatic amines is 2. The lowest BCUT2D eigenvalue weighted by atomic mass is 9.93. The standard InChI is InChI=1S/C18H15N3O2/c1-9-13-10-5-2-3-7-12(10)21-8-4-6-11(16(13)21)15-14(9)17(22)19-20-18(15)23/h2-3,5,7H,4,6,8H2,1H3,(H,19,22)(H,20,23). The number of aromatic nitrogens is 3. The Labute approximate surface area is 130 Å². The van der Waals surface area contributed by atoms with E-state index in [1.807, 2.05) is 19.1 Å². The monoisotopic (exact) mass is 305 g/mol. The van der Waals surface area contributed by atoms with Gasteiger partial charge in [-0.15, -0.1) is 0 Å². The highest BCUT2D eigenvalue weighted by atomic mass is 16.1. The topological polar surface area (TPSA) is 70.7 Å². The van der Waals surface area contributed by atoms with Crippen molar-refractivity contribution < 1.29 is 0 Å². The maximum atomic E-state index is 12.4. The van der Waals surface area contributed by atoms with Gasteiger partial charge in [0.25, 0.3) is 11.1 Å². The third kappa shape index (κ3) is 1.42. The summed E-state index contributed by atoms with van der Waals surface area (Å²) in [5.74, 6) is 0. The number of nitrogens with one attached hydrogen (secondary N) is 2. The first-order valence-electron chi connectivity index (χ1n) is 7.85. The molecule has 1 aliphatic heterocycles. The first-order chi connectivity index (χ1) is 11.2. The number of hydrogen-bond acceptors (Lipinski definition) is 2. The Morgan fingerprint density at radius 3 is 2.57 bits per heavy atom. The van der Waals surface area contributed by atoms with Crippen LogP contribution in [0.4, 0.5) is 0 Å². The van der Waals surface area contributed by atoms with E-state index >= 15 is 0 Å². The molecular formula is C18H15N3O2. The molecule has 0 radical (unpaired) electrons. The van der Waals surface area contributed by atoms with Crippen molar-refractivity contribution in [2.75, 3.05) is 0 Å². The Morgan fingerprint density at radius 1 is 1.00 bits per heavy atom. The summed E-state index contributed by atoms with van der Waals surface area (Å²) in [6.07, 6.45) is 1.81. The van der Waals surface area contributed by atoms with Gasteiger partial charge in [-0.25, -0.2) is 0 Å². The lowest BCUT2D eigenvalue weighted by Gasteiger charge is -2.19. The Hall–Kier alpha value is -2.82. The summed E-state index contributed by atoms with van der Waals surface area (Å²) in [7, 11) is 0. The van der Waals surface area contributed by atoms with Gasteiger partial charge in [0.1, 0.15) is 0 Å². The van der Waals surface area contributed by atoms with Gasteiger partial charge in [0.05, 0.1) is 16.3 Å². The molecule has 0 amide bonds. The number of H-pyrrole nitrogens is 2. The van der Waals surface area contributed by atoms with Crippen molar-refractivity contribution in [2.24, 2.45) is 0 Å². The van der Waals surface area contributed by atoms with Gasteiger partial charge in [0.2, 0.25) is 0 Å². The number of para-hydroxylation sites is 1. The first-order valence-corrected chi connectivity index (χ1v) is 7.85. The molecule has 23 heavy (non-hydrogen) atoms. The lowest BCUT2D eigenvalue weighted by Crippen LogP contribution is -2.22. The van der Waals surface area contributed by atoms with Gasteiger partial charge in [-0.2, -0.15) is 0 Å². The highest BCUT2D eigenvalue weighted by Crippen LogP contribution is 2.39. The Morgan fingerprint density at radius 2 is 1.74 bits per heavy atom. The third-order valence-corrected chi connectivity index (χ3v) is 5.11. The largest absolute Gasteiger partial charge is 0.340 e. The van der Waals surface area contributed by atoms with Crippen molar-refractivity contribution in [1.82, 2.24) is 14.8 Å². The number of fused-ring (bicyclic) bond motifs is 5. The zero-order chi connectivity index (χ0) is 15.7. The Bertz CT molecular complexity index is 1240. The molecular weight excluding hydrogens is 290 g/mol. The van der Waals surface area contributed by atoms with E-state index in [-0.39, 0.29) is 11.1 Å². The summed E-state index contributed by atoms with van der Waals surface area (Å²) in [6, 6.07) is 8.27. The molecule has 0 atom stereocenters. The molecule has 0 spiro atoms. The molecule has 0 unspecified atom stereocenters. The van der Waals surface area contributed by atoms with Crippen LogP contribution in [0.1, 0.15) is 17.5 Å². The summed E-state index contributed by atoms with van der Waals surface area (Å²) in [5.41, 5.74) is 3.77. The van der Waals surface area contributed by atoms with Gasteiger partial charge in [0, 0.05) is 22.8 Å². The average Bonchev–Trinajstić information content (AvgIpc) is 2.91. The van der Waals surface area contributed by atoms with Crippen LogP contribution < -0.4 is 11.1 Å². The summed E-state index contributed by atoms with van der Waals surface area (Å²) in [6.45, 7) is 2.89. The predicted molar refractivity (Wildman–Crippen MR) is 91.2 cm³/mol. The quantitative estimate of drug-likeness (QED) is 0.524. The fraction of sp³-hybridized carbons (Fsp3) is 0.222. The summed E-state index contributed by atoms with van der Waals surface area (Å²) < 4.78 is 2.30. The zero-order valence-electron chi connectivity index (χ0n) is 12.7. The molecule has 5 heteroatoms. The summed E-state index contributed by atoms with van der Waals surface area (Å²) in [4.78, 5) is 24.8. The smallest absolute Gasteiger partial charge is 0.270 e. The van der Waals surface area contributed by atoms with Gasteiger partial charge in [-0.1, -0.05) is 18.2 Å². The minimum atomic E-state index is -0.224. The second-order valence-electron chi connectivity index (χ2n) is 6.26. The molecule has 114 valence electrons. The van der Waals surface area contributed by atoms with E-state index in [4.69, 9.17) is 0 Å². The van der Waals surface area contributed by atoms with Crippen LogP contribution in [0.25, 0.3) is 32.6 Å². The van der Waals surface area contributed by atoms with E-state index in [1.54, 1.807) is 0 Å². The first kappa shape index (κ1) is 12.7. The van der Waals surface area contributed by atoms with E-state index < -0.39 is 0 Å². The minimum Gasteiger partial charge on any atom is -0.340 e. The van der Waals surface area contributed by atoms with Crippen molar-refractivity contribution in [2.45, 2.75) is 26.3 Å². The number of nitrogens with zero attached hydrogens (tertiary/aromatic N) is 1. The SMILES string of the molecule is Cc1c2c(=O)[nH][nH]c(=O)c2c2c3c1c1ccccc1n3CCC2. The maximum Gasteiger partial charge on any atom is 0.270 e. The van der Waals surface area contributed by atoms with Gasteiger partial charge in [-0.05, 0) is 37.0 Å². The number of hydrogen-bond donors (Lipinski definition) is 2. The molecule has 0 aliphatic carbocycles. The second kappa shape index (κ2) is 4.13. The van der Waals surface area contributed by atoms with E-state index in [0.29, 0.717) is 10.8 Å². The molecule has 1 aliphatic rings. The maximum absolute atomic E-state index is 12.4. The fourth-order valence-electron chi connectivity index (χ4n) is 4.24. The Kier molecular flexibility index (Phi) is 2.28. The van der Waals surface area contributed by atoms with Crippen LogP contribution in [0.2, 0.25) is 0 Å². The van der Waals surface area contributed by atoms with Crippen LogP contribution in [-0.2, 0) is 13.0 Å². The molecule has 5 nitrogen and oxygen atoms in total. The zero-order valence-corrected chi connectivity index (χ0v) is 12.7. The van der Waals surface area contributed by atoms with Crippen LogP contribution >= 0.6 is 0 Å². The van der Waals surface area contributed by atoms with Crippen molar-refractivity contribution in [3.8, 4) is 0 Å². The van der Waals surface area contributed by atoms with Crippen LogP contribution in [0.3, 0.4) is 0 Å². The fourth-order valence-corrected chi connectivity index (χ4v) is 4.24. The molecule has 0 saturated carbocycles. The van der Waals surface area contributed by atoms with Crippen LogP contribution in [-0.4, -0.2) is 14.8 Å². The molecule has 2 N–H and O–H groups in total. The van der Waals surface area contributed by atoms with Gasteiger partial charge in [0.15, 0.2) is 0 Å². The van der Waals surface area contributed by atoms with E-state index in [9.17, 15) is 9.59 Å². The van der Waals surface area contributed by atoms with E-state index in [0.717, 1.165) is 46.8 Å². The highest BCUT2D eigenvalue weighted by molar-refractivity contribution is 6.17. The molecule has 5 rings (SSSR count). The van der Waals surface area contributed by atoms with Crippen LogP contribution in [0, 0.1) is 6.92 Å². The minimum absolute atomic E-state index is 0.210.